The molecule has 0 saturated heterocycles. The molecule has 4 rings (SSSR count). The number of benzene rings is 4. The molecule has 0 aliphatic heterocycles. The number of ether oxygens (including phenoxy) is 3. The maximum atomic E-state index is 14.4. The van der Waals surface area contributed by atoms with E-state index in [0.717, 1.165) is 16.7 Å². The van der Waals surface area contributed by atoms with Crippen LogP contribution in [-0.4, -0.2) is 78.5 Å². The summed E-state index contributed by atoms with van der Waals surface area (Å²) in [6.07, 6.45) is -2.26. The fraction of sp³-hybridized carbons (Fsp3) is 0.391. The average Bonchev–Trinajstić information content (AvgIpc) is 3.23. The van der Waals surface area contributed by atoms with Gasteiger partial charge in [0.15, 0.2) is 0 Å². The van der Waals surface area contributed by atoms with Crippen molar-refractivity contribution < 1.29 is 43.6 Å². The summed E-state index contributed by atoms with van der Waals surface area (Å²) in [6.45, 7) is 9.01. The molecule has 322 valence electrons. The Morgan fingerprint density at radius 3 is 1.83 bits per heavy atom. The van der Waals surface area contributed by atoms with E-state index < -0.39 is 65.4 Å². The van der Waals surface area contributed by atoms with Crippen LogP contribution in [0.15, 0.2) is 103 Å². The minimum Gasteiger partial charge on any atom is -0.507 e. The fourth-order valence-corrected chi connectivity index (χ4v) is 6.41. The van der Waals surface area contributed by atoms with Gasteiger partial charge >= 0.3 is 6.09 Å². The van der Waals surface area contributed by atoms with E-state index in [-0.39, 0.29) is 31.9 Å². The highest BCUT2D eigenvalue weighted by Crippen LogP contribution is 2.24. The Balaban J connectivity index is 1.61. The number of alkyl carbamates (subject to hydrolysis) is 1. The van der Waals surface area contributed by atoms with E-state index in [9.17, 15) is 29.4 Å². The minimum atomic E-state index is -1.56. The SMILES string of the molecule is COc1ccc(CN[C@@H](C(=O)N[C@H](C(=O)NCc2ccc(OC)cc2O)C(C)C)[C@@H](O)[C@H](Cc2ccccc2)NC(=O)[C@@H](NC(=O)OCc2ccccc2)C(C)(C)C)cc1. The first-order chi connectivity index (χ1) is 28.6. The lowest BCUT2D eigenvalue weighted by molar-refractivity contribution is -0.134. The summed E-state index contributed by atoms with van der Waals surface area (Å²) in [6, 6.07) is 25.6. The number of aromatic hydroxyl groups is 1. The third kappa shape index (κ3) is 14.0. The number of phenolic OH excluding ortho intramolecular Hbond substituents is 1. The molecule has 0 saturated carbocycles. The zero-order valence-corrected chi connectivity index (χ0v) is 35.4. The Hall–Kier alpha value is -6.12. The number of rotatable bonds is 20. The van der Waals surface area contributed by atoms with Crippen LogP contribution in [0.5, 0.6) is 17.2 Å². The molecule has 14 heteroatoms. The fourth-order valence-electron chi connectivity index (χ4n) is 6.41. The summed E-state index contributed by atoms with van der Waals surface area (Å²) in [7, 11) is 3.03. The third-order valence-corrected chi connectivity index (χ3v) is 9.94. The lowest BCUT2D eigenvalue weighted by Gasteiger charge is -2.35. The van der Waals surface area contributed by atoms with Crippen LogP contribution >= 0.6 is 0 Å². The van der Waals surface area contributed by atoms with Crippen LogP contribution in [0.25, 0.3) is 0 Å². The Labute approximate surface area is 352 Å². The van der Waals surface area contributed by atoms with Crippen LogP contribution in [0.3, 0.4) is 0 Å². The molecule has 0 aromatic heterocycles. The number of hydrogen-bond acceptors (Lipinski definition) is 10. The zero-order valence-electron chi connectivity index (χ0n) is 35.4. The lowest BCUT2D eigenvalue weighted by atomic mass is 9.85. The first kappa shape index (κ1) is 46.6. The number of hydrogen-bond donors (Lipinski definition) is 7. The highest BCUT2D eigenvalue weighted by atomic mass is 16.5. The molecule has 0 aliphatic rings. The molecule has 0 aliphatic carbocycles. The predicted molar refractivity (Wildman–Crippen MR) is 228 cm³/mol. The maximum Gasteiger partial charge on any atom is 0.408 e. The van der Waals surface area contributed by atoms with Crippen molar-refractivity contribution in [3.8, 4) is 17.2 Å². The van der Waals surface area contributed by atoms with Crippen LogP contribution in [-0.2, 0) is 45.2 Å². The quantitative estimate of drug-likeness (QED) is 0.0654. The van der Waals surface area contributed by atoms with Gasteiger partial charge in [0.05, 0.1) is 26.4 Å². The minimum absolute atomic E-state index is 0.00347. The molecule has 0 bridgehead atoms. The van der Waals surface area contributed by atoms with Crippen molar-refractivity contribution in [1.29, 1.82) is 0 Å². The number of nitrogens with one attached hydrogen (secondary N) is 5. The van der Waals surface area contributed by atoms with E-state index in [1.165, 1.54) is 13.2 Å². The van der Waals surface area contributed by atoms with E-state index >= 15 is 0 Å². The first-order valence-electron chi connectivity index (χ1n) is 19.9. The summed E-state index contributed by atoms with van der Waals surface area (Å²) in [4.78, 5) is 55.3. The molecule has 14 nitrogen and oxygen atoms in total. The zero-order chi connectivity index (χ0) is 43.8. The summed E-state index contributed by atoms with van der Waals surface area (Å²) in [5.74, 6) is -1.17. The molecule has 5 atom stereocenters. The number of methoxy groups -OCH3 is 2. The molecule has 0 heterocycles. The van der Waals surface area contributed by atoms with Crippen molar-refractivity contribution in [3.63, 3.8) is 0 Å². The molecule has 0 unspecified atom stereocenters. The van der Waals surface area contributed by atoms with Gasteiger partial charge in [0.1, 0.15) is 42.0 Å². The second-order valence-electron chi connectivity index (χ2n) is 15.9. The van der Waals surface area contributed by atoms with E-state index in [0.29, 0.717) is 17.1 Å². The third-order valence-electron chi connectivity index (χ3n) is 9.94. The Morgan fingerprint density at radius 2 is 1.27 bits per heavy atom. The van der Waals surface area contributed by atoms with Gasteiger partial charge in [-0.1, -0.05) is 107 Å². The monoisotopic (exact) mass is 825 g/mol. The Bertz CT molecular complexity index is 1990. The second kappa shape index (κ2) is 22.3. The van der Waals surface area contributed by atoms with Crippen molar-refractivity contribution in [2.24, 2.45) is 11.3 Å². The second-order valence-corrected chi connectivity index (χ2v) is 15.9. The predicted octanol–water partition coefficient (Wildman–Crippen LogP) is 4.75. The number of carbonyl (C=O) groups excluding carboxylic acids is 4. The maximum absolute atomic E-state index is 14.4. The molecule has 7 N–H and O–H groups in total. The Kier molecular flexibility index (Phi) is 17.3. The van der Waals surface area contributed by atoms with E-state index in [2.05, 4.69) is 26.6 Å². The van der Waals surface area contributed by atoms with E-state index in [4.69, 9.17) is 14.2 Å². The van der Waals surface area contributed by atoms with Crippen LogP contribution in [0.4, 0.5) is 4.79 Å². The Morgan fingerprint density at radius 1 is 0.667 bits per heavy atom. The number of amides is 4. The van der Waals surface area contributed by atoms with Gasteiger partial charge in [-0.2, -0.15) is 0 Å². The van der Waals surface area contributed by atoms with Crippen molar-refractivity contribution in [3.05, 3.63) is 125 Å². The normalized spacial score (nSPS) is 13.8. The number of aliphatic hydroxyl groups excluding tert-OH is 1. The van der Waals surface area contributed by atoms with Gasteiger partial charge in [-0.15, -0.1) is 0 Å². The molecule has 0 fully saturated rings. The van der Waals surface area contributed by atoms with Gasteiger partial charge < -0.3 is 45.7 Å². The summed E-state index contributed by atoms with van der Waals surface area (Å²) < 4.78 is 15.9. The molecule has 4 aromatic carbocycles. The van der Waals surface area contributed by atoms with Crippen LogP contribution < -0.4 is 36.1 Å². The molecule has 0 radical (unpaired) electrons. The van der Waals surface area contributed by atoms with E-state index in [1.807, 2.05) is 72.8 Å². The number of phenols is 1. The standard InChI is InChI=1S/C46H59N5O9/c1-29(2)38(42(54)48-27-33-20-23-35(59-7)25-37(33)52)50-43(55)39(47-26-31-18-21-34(58-6)22-19-31)40(53)36(24-30-14-10-8-11-15-30)49-44(56)41(46(3,4)5)51-45(57)60-28-32-16-12-9-13-17-32/h8-23,25,29,36,38-41,47,52-53H,24,26-28H2,1-7H3,(H,48,54)(H,49,56)(H,50,55)(H,51,57)/t36-,38-,39+,40-,41+/m0/s1. The summed E-state index contributed by atoms with van der Waals surface area (Å²) in [5.41, 5.74) is 1.95. The smallest absolute Gasteiger partial charge is 0.408 e. The van der Waals surface area contributed by atoms with Crippen LogP contribution in [0.2, 0.25) is 0 Å². The largest absolute Gasteiger partial charge is 0.507 e. The highest BCUT2D eigenvalue weighted by Gasteiger charge is 2.39. The van der Waals surface area contributed by atoms with Crippen LogP contribution in [0, 0.1) is 11.3 Å². The van der Waals surface area contributed by atoms with Gasteiger partial charge in [0, 0.05) is 24.7 Å². The highest BCUT2D eigenvalue weighted by molar-refractivity contribution is 5.91. The van der Waals surface area contributed by atoms with Gasteiger partial charge in [-0.3, -0.25) is 19.7 Å². The van der Waals surface area contributed by atoms with Gasteiger partial charge in [0.25, 0.3) is 0 Å². The average molecular weight is 826 g/mol. The summed E-state index contributed by atoms with van der Waals surface area (Å²) in [5, 5.41) is 37.2. The molecule has 4 amide bonds. The number of carbonyl (C=O) groups is 4. The van der Waals surface area contributed by atoms with Crippen molar-refractivity contribution in [1.82, 2.24) is 26.6 Å². The lowest BCUT2D eigenvalue weighted by Crippen LogP contribution is -2.63. The van der Waals surface area contributed by atoms with Crippen molar-refractivity contribution in [2.45, 2.75) is 91.0 Å². The van der Waals surface area contributed by atoms with Crippen molar-refractivity contribution >= 4 is 23.8 Å². The van der Waals surface area contributed by atoms with Crippen LogP contribution in [0.1, 0.15) is 56.9 Å². The first-order valence-corrected chi connectivity index (χ1v) is 19.9. The summed E-state index contributed by atoms with van der Waals surface area (Å²) >= 11 is 0. The molecule has 4 aromatic rings. The molecule has 60 heavy (non-hydrogen) atoms. The number of aliphatic hydroxyl groups is 1. The molecule has 0 spiro atoms. The van der Waals surface area contributed by atoms with E-state index in [1.54, 1.807) is 66.0 Å². The topological polar surface area (TPSA) is 197 Å². The molecular formula is C46H59N5O9. The molecular weight excluding hydrogens is 767 g/mol. The van der Waals surface area contributed by atoms with Crippen molar-refractivity contribution in [2.75, 3.05) is 14.2 Å². The van der Waals surface area contributed by atoms with Gasteiger partial charge in [-0.05, 0) is 58.7 Å². The van der Waals surface area contributed by atoms with Gasteiger partial charge in [-0.25, -0.2) is 4.79 Å². The van der Waals surface area contributed by atoms with Gasteiger partial charge in [0.2, 0.25) is 17.7 Å².